The Morgan fingerprint density at radius 3 is 1.56 bits per heavy atom. The molecule has 0 unspecified atom stereocenters. The molecule has 2 aromatic rings. The zero-order valence-corrected chi connectivity index (χ0v) is 9.44. The molecule has 1 heterocycles. The van der Waals surface area contributed by atoms with E-state index in [4.69, 9.17) is 0 Å². The molecule has 1 aromatic carbocycles. The van der Waals surface area contributed by atoms with Crippen LogP contribution in [0.1, 0.15) is 13.8 Å². The average molecular weight is 220 g/mol. The molecule has 0 bridgehead atoms. The number of benzene rings is 1. The molecular weight excluding hydrogens is 204 g/mol. The van der Waals surface area contributed by atoms with Gasteiger partial charge in [0.05, 0.1) is 0 Å². The van der Waals surface area contributed by atoms with Gasteiger partial charge >= 0.3 is 5.69 Å². The van der Waals surface area contributed by atoms with Crippen LogP contribution in [0.3, 0.4) is 0 Å². The van der Waals surface area contributed by atoms with Crippen molar-refractivity contribution < 1.29 is 0 Å². The molecule has 0 aliphatic rings. The maximum absolute atomic E-state index is 10.2. The fraction of sp³-hybridized carbons (Fsp3) is 0.167. The van der Waals surface area contributed by atoms with E-state index in [9.17, 15) is 9.59 Å². The molecule has 1 aromatic heterocycles. The van der Waals surface area contributed by atoms with Crippen LogP contribution in [-0.4, -0.2) is 9.97 Å². The number of aromatic amines is 2. The first-order valence-electron chi connectivity index (χ1n) is 5.07. The minimum atomic E-state index is -0.475. The van der Waals surface area contributed by atoms with Gasteiger partial charge in [0.15, 0.2) is 0 Å². The molecular formula is C12H16N2O2. The third kappa shape index (κ3) is 7.32. The van der Waals surface area contributed by atoms with Crippen molar-refractivity contribution in [3.8, 4) is 0 Å². The Morgan fingerprint density at radius 1 is 0.875 bits per heavy atom. The molecule has 0 spiro atoms. The lowest BCUT2D eigenvalue weighted by molar-refractivity contribution is 1.04. The van der Waals surface area contributed by atoms with Crippen molar-refractivity contribution in [3.63, 3.8) is 0 Å². The van der Waals surface area contributed by atoms with Gasteiger partial charge < -0.3 is 4.98 Å². The number of H-pyrrole nitrogens is 2. The smallest absolute Gasteiger partial charge is 0.314 e. The molecule has 0 aliphatic heterocycles. The van der Waals surface area contributed by atoms with Gasteiger partial charge in [-0.1, -0.05) is 50.2 Å². The maximum Gasteiger partial charge on any atom is 0.325 e. The molecule has 0 atom stereocenters. The van der Waals surface area contributed by atoms with Crippen molar-refractivity contribution >= 4 is 0 Å². The molecule has 0 saturated carbocycles. The molecule has 16 heavy (non-hydrogen) atoms. The lowest BCUT2D eigenvalue weighted by atomic mass is 10.4. The Labute approximate surface area is 94.0 Å². The molecule has 0 radical (unpaired) electrons. The number of nitrogens with one attached hydrogen (secondary N) is 2. The van der Waals surface area contributed by atoms with E-state index in [1.807, 2.05) is 55.2 Å². The Balaban J connectivity index is 0.000000251. The maximum atomic E-state index is 10.2. The van der Waals surface area contributed by atoms with Crippen LogP contribution < -0.4 is 11.2 Å². The van der Waals surface area contributed by atoms with Gasteiger partial charge in [0.2, 0.25) is 0 Å². The van der Waals surface area contributed by atoms with Crippen molar-refractivity contribution in [2.75, 3.05) is 0 Å². The summed E-state index contributed by atoms with van der Waals surface area (Å²) in [5.41, 5.74) is -0.855. The van der Waals surface area contributed by atoms with Gasteiger partial charge in [0, 0.05) is 12.3 Å². The second-order valence-corrected chi connectivity index (χ2v) is 2.45. The van der Waals surface area contributed by atoms with Gasteiger partial charge in [-0.05, 0) is 0 Å². The fourth-order valence-electron chi connectivity index (χ4n) is 0.768. The highest BCUT2D eigenvalue weighted by Crippen LogP contribution is 1.79. The van der Waals surface area contributed by atoms with E-state index in [1.165, 1.54) is 12.3 Å². The molecule has 0 aliphatic carbocycles. The second-order valence-electron chi connectivity index (χ2n) is 2.45. The largest absolute Gasteiger partial charge is 0.325 e. The standard InChI is InChI=1S/C6H6.C4H4N2O2.C2H6/c1-2-4-6-5-3-1;7-3-1-2-5-4(8)6-3;1-2/h1-6H;1-2H,(H2,5,6,7,8);1-2H3. The first-order valence-corrected chi connectivity index (χ1v) is 5.07. The van der Waals surface area contributed by atoms with Crippen molar-refractivity contribution in [3.05, 3.63) is 69.5 Å². The molecule has 86 valence electrons. The van der Waals surface area contributed by atoms with Crippen LogP contribution >= 0.6 is 0 Å². The lowest BCUT2D eigenvalue weighted by Crippen LogP contribution is -2.19. The molecule has 4 nitrogen and oxygen atoms in total. The second kappa shape index (κ2) is 9.45. The van der Waals surface area contributed by atoms with Gasteiger partial charge in [-0.25, -0.2) is 4.79 Å². The topological polar surface area (TPSA) is 65.7 Å². The van der Waals surface area contributed by atoms with Crippen molar-refractivity contribution in [2.45, 2.75) is 13.8 Å². The zero-order chi connectivity index (χ0) is 12.2. The summed E-state index contributed by atoms with van der Waals surface area (Å²) in [6, 6.07) is 13.2. The van der Waals surface area contributed by atoms with Gasteiger partial charge in [0.1, 0.15) is 0 Å². The third-order valence-corrected chi connectivity index (χ3v) is 1.35. The van der Waals surface area contributed by atoms with E-state index in [2.05, 4.69) is 4.98 Å². The molecule has 0 amide bonds. The minimum Gasteiger partial charge on any atom is -0.314 e. The molecule has 2 N–H and O–H groups in total. The summed E-state index contributed by atoms with van der Waals surface area (Å²) in [5, 5.41) is 0. The van der Waals surface area contributed by atoms with Crippen LogP contribution in [0.15, 0.2) is 58.3 Å². The van der Waals surface area contributed by atoms with E-state index in [0.717, 1.165) is 0 Å². The summed E-state index contributed by atoms with van der Waals surface area (Å²) in [4.78, 5) is 24.7. The minimum absolute atomic E-state index is 0.381. The van der Waals surface area contributed by atoms with E-state index in [1.54, 1.807) is 0 Å². The monoisotopic (exact) mass is 220 g/mol. The van der Waals surface area contributed by atoms with Gasteiger partial charge in [-0.3, -0.25) is 9.78 Å². The summed E-state index contributed by atoms with van der Waals surface area (Å²) >= 11 is 0. The number of hydrogen-bond donors (Lipinski definition) is 2. The molecule has 4 heteroatoms. The normalized spacial score (nSPS) is 7.88. The molecule has 0 fully saturated rings. The van der Waals surface area contributed by atoms with Crippen molar-refractivity contribution in [1.29, 1.82) is 0 Å². The van der Waals surface area contributed by atoms with Gasteiger partial charge in [-0.15, -0.1) is 0 Å². The van der Waals surface area contributed by atoms with Crippen LogP contribution in [0.4, 0.5) is 0 Å². The lowest BCUT2D eigenvalue weighted by Gasteiger charge is -1.75. The highest BCUT2D eigenvalue weighted by Gasteiger charge is 1.77. The predicted molar refractivity (Wildman–Crippen MR) is 65.5 cm³/mol. The van der Waals surface area contributed by atoms with Crippen LogP contribution in [0, 0.1) is 0 Å². The zero-order valence-electron chi connectivity index (χ0n) is 9.44. The third-order valence-electron chi connectivity index (χ3n) is 1.35. The number of rotatable bonds is 0. The summed E-state index contributed by atoms with van der Waals surface area (Å²) in [6.45, 7) is 4.00. The van der Waals surface area contributed by atoms with Crippen LogP contribution in [0.25, 0.3) is 0 Å². The van der Waals surface area contributed by atoms with Crippen LogP contribution in [0.2, 0.25) is 0 Å². The highest BCUT2D eigenvalue weighted by atomic mass is 16.2. The van der Waals surface area contributed by atoms with E-state index in [0.29, 0.717) is 0 Å². The Kier molecular flexibility index (Phi) is 8.21. The number of hydrogen-bond acceptors (Lipinski definition) is 2. The molecule has 2 rings (SSSR count). The summed E-state index contributed by atoms with van der Waals surface area (Å²) in [6.07, 6.45) is 1.29. The first kappa shape index (κ1) is 13.9. The predicted octanol–water partition coefficient (Wildman–Crippen LogP) is 1.78. The van der Waals surface area contributed by atoms with Crippen molar-refractivity contribution in [2.24, 2.45) is 0 Å². The highest BCUT2D eigenvalue weighted by molar-refractivity contribution is 4.99. The summed E-state index contributed by atoms with van der Waals surface area (Å²) in [7, 11) is 0. The van der Waals surface area contributed by atoms with E-state index >= 15 is 0 Å². The Bertz CT molecular complexity index is 408. The Hall–Kier alpha value is -2.10. The van der Waals surface area contributed by atoms with Crippen molar-refractivity contribution in [1.82, 2.24) is 9.97 Å². The van der Waals surface area contributed by atoms with Crippen LogP contribution in [-0.2, 0) is 0 Å². The first-order chi connectivity index (χ1) is 7.79. The SMILES string of the molecule is CC.O=c1cc[nH]c(=O)[nH]1.c1ccccc1. The quantitative estimate of drug-likeness (QED) is 0.710. The number of aromatic nitrogens is 2. The van der Waals surface area contributed by atoms with Crippen LogP contribution in [0.5, 0.6) is 0 Å². The Morgan fingerprint density at radius 2 is 1.31 bits per heavy atom. The van der Waals surface area contributed by atoms with Gasteiger partial charge in [0.25, 0.3) is 5.56 Å². The summed E-state index contributed by atoms with van der Waals surface area (Å²) < 4.78 is 0. The average Bonchev–Trinajstić information content (AvgIpc) is 2.34. The van der Waals surface area contributed by atoms with E-state index in [-0.39, 0.29) is 5.56 Å². The molecule has 0 saturated heterocycles. The van der Waals surface area contributed by atoms with E-state index < -0.39 is 5.69 Å². The summed E-state index contributed by atoms with van der Waals surface area (Å²) in [5.74, 6) is 0. The fourth-order valence-corrected chi connectivity index (χ4v) is 0.768. The van der Waals surface area contributed by atoms with Gasteiger partial charge in [-0.2, -0.15) is 0 Å².